The summed E-state index contributed by atoms with van der Waals surface area (Å²) >= 11 is 0. The van der Waals surface area contributed by atoms with Crippen LogP contribution in [0.15, 0.2) is 48.5 Å². The Balaban J connectivity index is 2.07. The lowest BCUT2D eigenvalue weighted by Crippen LogP contribution is -2.40. The average Bonchev–Trinajstić information content (AvgIpc) is 2.67. The van der Waals surface area contributed by atoms with Crippen molar-refractivity contribution in [3.8, 4) is 0 Å². The van der Waals surface area contributed by atoms with E-state index in [1.54, 1.807) is 31.2 Å². The van der Waals surface area contributed by atoms with Gasteiger partial charge in [-0.3, -0.25) is 4.79 Å². The van der Waals surface area contributed by atoms with E-state index in [9.17, 15) is 19.5 Å². The van der Waals surface area contributed by atoms with Gasteiger partial charge in [0.05, 0.1) is 0 Å². The number of aliphatic carboxylic acids is 1. The van der Waals surface area contributed by atoms with Crippen molar-refractivity contribution >= 4 is 29.3 Å². The second-order valence-electron chi connectivity index (χ2n) is 6.48. The van der Waals surface area contributed by atoms with Gasteiger partial charge < -0.3 is 21.1 Å². The molecule has 0 heterocycles. The van der Waals surface area contributed by atoms with Crippen LogP contribution in [-0.2, 0) is 4.79 Å². The quantitative estimate of drug-likeness (QED) is 0.552. The van der Waals surface area contributed by atoms with Crippen LogP contribution in [-0.4, -0.2) is 29.1 Å². The van der Waals surface area contributed by atoms with E-state index in [2.05, 4.69) is 16.0 Å². The summed E-state index contributed by atoms with van der Waals surface area (Å²) < 4.78 is 0. The normalized spacial score (nSPS) is 11.4. The largest absolute Gasteiger partial charge is 0.480 e. The molecule has 0 aliphatic rings. The summed E-state index contributed by atoms with van der Waals surface area (Å²) in [5.41, 5.74) is 2.18. The number of carboxylic acid groups (broad SMARTS) is 1. The summed E-state index contributed by atoms with van der Waals surface area (Å²) in [4.78, 5) is 36.0. The first-order valence-electron chi connectivity index (χ1n) is 9.18. The Bertz CT molecular complexity index is 837. The predicted molar refractivity (Wildman–Crippen MR) is 109 cm³/mol. The summed E-state index contributed by atoms with van der Waals surface area (Å²) in [5.74, 6) is -1.55. The fourth-order valence-electron chi connectivity index (χ4n) is 2.61. The minimum atomic E-state index is -1.06. The van der Waals surface area contributed by atoms with Gasteiger partial charge >= 0.3 is 12.0 Å². The maximum absolute atomic E-state index is 12.5. The molecule has 28 heavy (non-hydrogen) atoms. The predicted octanol–water partition coefficient (Wildman–Crippen LogP) is 4.01. The average molecular weight is 383 g/mol. The number of carboxylic acids is 1. The molecule has 0 radical (unpaired) electrons. The van der Waals surface area contributed by atoms with Gasteiger partial charge in [-0.15, -0.1) is 0 Å². The number of rotatable bonds is 8. The minimum absolute atomic E-state index is 0.281. The van der Waals surface area contributed by atoms with E-state index in [-0.39, 0.29) is 5.56 Å². The van der Waals surface area contributed by atoms with E-state index < -0.39 is 23.9 Å². The van der Waals surface area contributed by atoms with Crippen molar-refractivity contribution in [2.24, 2.45) is 0 Å². The fourth-order valence-corrected chi connectivity index (χ4v) is 2.61. The molecule has 2 aromatic rings. The summed E-state index contributed by atoms with van der Waals surface area (Å²) in [6, 6.07) is 12.5. The summed E-state index contributed by atoms with van der Waals surface area (Å²) in [7, 11) is 0. The molecule has 148 valence electrons. The number of unbranched alkanes of at least 4 members (excludes halogenated alkanes) is 1. The van der Waals surface area contributed by atoms with E-state index in [0.717, 1.165) is 12.0 Å². The van der Waals surface area contributed by atoms with E-state index in [1.165, 1.54) is 6.07 Å². The molecule has 0 spiro atoms. The topological polar surface area (TPSA) is 108 Å². The van der Waals surface area contributed by atoms with Crippen molar-refractivity contribution in [2.75, 3.05) is 10.6 Å². The molecule has 0 bridgehead atoms. The molecule has 4 N–H and O–H groups in total. The third-order valence-corrected chi connectivity index (χ3v) is 4.23. The highest BCUT2D eigenvalue weighted by atomic mass is 16.4. The van der Waals surface area contributed by atoms with Gasteiger partial charge in [-0.25, -0.2) is 9.59 Å². The van der Waals surface area contributed by atoms with E-state index in [1.807, 2.05) is 25.1 Å². The van der Waals surface area contributed by atoms with Crippen molar-refractivity contribution < 1.29 is 19.5 Å². The molecule has 0 saturated heterocycles. The van der Waals surface area contributed by atoms with E-state index >= 15 is 0 Å². The number of benzene rings is 2. The van der Waals surface area contributed by atoms with Gasteiger partial charge in [0.25, 0.3) is 5.91 Å². The molecule has 0 saturated carbocycles. The maximum Gasteiger partial charge on any atom is 0.326 e. The first kappa shape index (κ1) is 21.0. The zero-order valence-electron chi connectivity index (χ0n) is 16.0. The molecular formula is C21H25N3O4. The van der Waals surface area contributed by atoms with Crippen molar-refractivity contribution in [3.05, 3.63) is 59.7 Å². The minimum Gasteiger partial charge on any atom is -0.480 e. The van der Waals surface area contributed by atoms with Gasteiger partial charge in [0.15, 0.2) is 0 Å². The Morgan fingerprint density at radius 1 is 1.04 bits per heavy atom. The zero-order valence-corrected chi connectivity index (χ0v) is 16.0. The lowest BCUT2D eigenvalue weighted by molar-refractivity contribution is -0.139. The SMILES string of the molecule is CCCC[C@H](NC(=O)c1ccc(C)c(NC(=O)Nc2ccccc2)c1)C(=O)O. The standard InChI is InChI=1S/C21H25N3O4/c1-3-4-10-17(20(26)27)23-19(25)15-12-11-14(2)18(13-15)24-21(28)22-16-8-6-5-7-9-16/h5-9,11-13,17H,3-4,10H2,1-2H3,(H,23,25)(H,26,27)(H2,22,24,28)/t17-/m0/s1. The highest BCUT2D eigenvalue weighted by Gasteiger charge is 2.20. The molecule has 0 aliphatic carbocycles. The number of para-hydroxylation sites is 1. The fraction of sp³-hybridized carbons (Fsp3) is 0.286. The van der Waals surface area contributed by atoms with E-state index in [4.69, 9.17) is 0 Å². The number of carbonyl (C=O) groups is 3. The molecule has 0 unspecified atom stereocenters. The Morgan fingerprint density at radius 3 is 2.39 bits per heavy atom. The van der Waals surface area contributed by atoms with Crippen molar-refractivity contribution in [2.45, 2.75) is 39.2 Å². The van der Waals surface area contributed by atoms with Crippen LogP contribution in [0, 0.1) is 6.92 Å². The summed E-state index contributed by atoms with van der Waals surface area (Å²) in [6.07, 6.45) is 1.92. The number of hydrogen-bond acceptors (Lipinski definition) is 3. The molecule has 2 rings (SSSR count). The molecule has 7 nitrogen and oxygen atoms in total. The molecule has 1 atom stereocenters. The Labute approximate surface area is 164 Å². The molecule has 3 amide bonds. The molecule has 0 fully saturated rings. The number of hydrogen-bond donors (Lipinski definition) is 4. The van der Waals surface area contributed by atoms with Crippen molar-refractivity contribution in [1.29, 1.82) is 0 Å². The number of nitrogens with one attached hydrogen (secondary N) is 3. The number of carbonyl (C=O) groups excluding carboxylic acids is 2. The van der Waals surface area contributed by atoms with Crippen LogP contribution < -0.4 is 16.0 Å². The van der Waals surface area contributed by atoms with Crippen LogP contribution >= 0.6 is 0 Å². The van der Waals surface area contributed by atoms with Gasteiger partial charge in [0.1, 0.15) is 6.04 Å². The first-order chi connectivity index (χ1) is 13.4. The number of urea groups is 1. The molecular weight excluding hydrogens is 358 g/mol. The second kappa shape index (κ2) is 10.1. The van der Waals surface area contributed by atoms with Gasteiger partial charge in [-0.2, -0.15) is 0 Å². The first-order valence-corrected chi connectivity index (χ1v) is 9.18. The van der Waals surface area contributed by atoms with Crippen LogP contribution in [0.3, 0.4) is 0 Å². The van der Waals surface area contributed by atoms with Gasteiger partial charge in [0.2, 0.25) is 0 Å². The van der Waals surface area contributed by atoms with Crippen LogP contribution in [0.1, 0.15) is 42.1 Å². The van der Waals surface area contributed by atoms with Gasteiger partial charge in [0, 0.05) is 16.9 Å². The number of anilines is 2. The lowest BCUT2D eigenvalue weighted by atomic mass is 10.1. The van der Waals surface area contributed by atoms with E-state index in [0.29, 0.717) is 24.2 Å². The van der Waals surface area contributed by atoms with Gasteiger partial charge in [-0.1, -0.05) is 44.0 Å². The number of amides is 3. The van der Waals surface area contributed by atoms with Crippen LogP contribution in [0.2, 0.25) is 0 Å². The van der Waals surface area contributed by atoms with Crippen molar-refractivity contribution in [1.82, 2.24) is 5.32 Å². The summed E-state index contributed by atoms with van der Waals surface area (Å²) in [6.45, 7) is 3.76. The number of aryl methyl sites for hydroxylation is 1. The van der Waals surface area contributed by atoms with Gasteiger partial charge in [-0.05, 0) is 43.2 Å². The third kappa shape index (κ3) is 6.12. The van der Waals surface area contributed by atoms with Crippen LogP contribution in [0.4, 0.5) is 16.2 Å². The summed E-state index contributed by atoms with van der Waals surface area (Å²) in [5, 5.41) is 17.2. The third-order valence-electron chi connectivity index (χ3n) is 4.23. The highest BCUT2D eigenvalue weighted by molar-refractivity contribution is 6.02. The highest BCUT2D eigenvalue weighted by Crippen LogP contribution is 2.18. The maximum atomic E-state index is 12.5. The Hall–Kier alpha value is -3.35. The van der Waals surface area contributed by atoms with Crippen LogP contribution in [0.5, 0.6) is 0 Å². The van der Waals surface area contributed by atoms with Crippen molar-refractivity contribution in [3.63, 3.8) is 0 Å². The molecule has 7 heteroatoms. The molecule has 2 aromatic carbocycles. The second-order valence-corrected chi connectivity index (χ2v) is 6.48. The Kier molecular flexibility index (Phi) is 7.56. The lowest BCUT2D eigenvalue weighted by Gasteiger charge is -2.15. The molecule has 0 aliphatic heterocycles. The monoisotopic (exact) mass is 383 g/mol. The smallest absolute Gasteiger partial charge is 0.326 e. The molecule has 0 aromatic heterocycles. The Morgan fingerprint density at radius 2 is 1.75 bits per heavy atom. The van der Waals surface area contributed by atoms with Crippen LogP contribution in [0.25, 0.3) is 0 Å². The zero-order chi connectivity index (χ0) is 20.5.